The molecule has 0 aliphatic rings. The van der Waals surface area contributed by atoms with Crippen LogP contribution in [0.3, 0.4) is 0 Å². The maximum absolute atomic E-state index is 12.0. The lowest BCUT2D eigenvalue weighted by Crippen LogP contribution is -2.14. The summed E-state index contributed by atoms with van der Waals surface area (Å²) < 4.78 is 5.97. The maximum Gasteiger partial charge on any atom is 0.274 e. The van der Waals surface area contributed by atoms with Crippen molar-refractivity contribution in [3.8, 4) is 5.75 Å². The number of anilines is 1. The first-order chi connectivity index (χ1) is 9.10. The summed E-state index contributed by atoms with van der Waals surface area (Å²) in [6.07, 6.45) is 1.59. The molecule has 1 heterocycles. The van der Waals surface area contributed by atoms with Crippen molar-refractivity contribution in [2.24, 2.45) is 0 Å². The standard InChI is InChI=1S/C14H13BrN2O2/c1-9-3-5-11(19-2)7-13(9)17-14(18)12-6-4-10(15)8-16-12/h3-8H,1-2H3,(H,17,18). The number of ether oxygens (including phenoxy) is 1. The van der Waals surface area contributed by atoms with E-state index in [9.17, 15) is 4.79 Å². The number of rotatable bonds is 3. The second-order valence-corrected chi connectivity index (χ2v) is 4.91. The van der Waals surface area contributed by atoms with Gasteiger partial charge in [0.05, 0.1) is 7.11 Å². The Kier molecular flexibility index (Phi) is 4.16. The molecule has 0 spiro atoms. The predicted molar refractivity (Wildman–Crippen MR) is 77.6 cm³/mol. The van der Waals surface area contributed by atoms with Crippen LogP contribution in [0.4, 0.5) is 5.69 Å². The van der Waals surface area contributed by atoms with E-state index in [0.29, 0.717) is 17.1 Å². The summed E-state index contributed by atoms with van der Waals surface area (Å²) >= 11 is 3.28. The van der Waals surface area contributed by atoms with Crippen LogP contribution in [0, 0.1) is 6.92 Å². The lowest BCUT2D eigenvalue weighted by Gasteiger charge is -2.09. The van der Waals surface area contributed by atoms with Crippen LogP contribution < -0.4 is 10.1 Å². The Bertz CT molecular complexity index is 597. The topological polar surface area (TPSA) is 51.2 Å². The molecule has 0 bridgehead atoms. The fourth-order valence-corrected chi connectivity index (χ4v) is 1.79. The number of pyridine rings is 1. The van der Waals surface area contributed by atoms with Crippen molar-refractivity contribution in [1.29, 1.82) is 0 Å². The number of hydrogen-bond donors (Lipinski definition) is 1. The average molecular weight is 321 g/mol. The number of amides is 1. The molecule has 0 atom stereocenters. The van der Waals surface area contributed by atoms with Crippen LogP contribution in [-0.4, -0.2) is 18.0 Å². The summed E-state index contributed by atoms with van der Waals surface area (Å²) in [7, 11) is 1.59. The molecular weight excluding hydrogens is 308 g/mol. The van der Waals surface area contributed by atoms with E-state index in [1.807, 2.05) is 19.1 Å². The third-order valence-electron chi connectivity index (χ3n) is 2.65. The van der Waals surface area contributed by atoms with E-state index in [-0.39, 0.29) is 5.91 Å². The van der Waals surface area contributed by atoms with Gasteiger partial charge in [0.25, 0.3) is 5.91 Å². The average Bonchev–Trinajstić information content (AvgIpc) is 2.42. The highest BCUT2D eigenvalue weighted by atomic mass is 79.9. The number of carbonyl (C=O) groups is 1. The second-order valence-electron chi connectivity index (χ2n) is 4.00. The zero-order valence-corrected chi connectivity index (χ0v) is 12.2. The van der Waals surface area contributed by atoms with Crippen LogP contribution in [0.1, 0.15) is 16.1 Å². The number of benzene rings is 1. The fourth-order valence-electron chi connectivity index (χ4n) is 1.56. The highest BCUT2D eigenvalue weighted by Gasteiger charge is 2.09. The van der Waals surface area contributed by atoms with Gasteiger partial charge in [0.2, 0.25) is 0 Å². The predicted octanol–water partition coefficient (Wildman–Crippen LogP) is 3.41. The van der Waals surface area contributed by atoms with Crippen LogP contribution in [0.5, 0.6) is 5.75 Å². The quantitative estimate of drug-likeness (QED) is 0.942. The van der Waals surface area contributed by atoms with Crippen molar-refractivity contribution in [3.63, 3.8) is 0 Å². The summed E-state index contributed by atoms with van der Waals surface area (Å²) in [6, 6.07) is 8.97. The second kappa shape index (κ2) is 5.84. The number of carbonyl (C=O) groups excluding carboxylic acids is 1. The lowest BCUT2D eigenvalue weighted by atomic mass is 10.2. The first-order valence-corrected chi connectivity index (χ1v) is 6.47. The van der Waals surface area contributed by atoms with E-state index in [2.05, 4.69) is 26.2 Å². The molecule has 0 aliphatic carbocycles. The van der Waals surface area contributed by atoms with Gasteiger partial charge in [-0.1, -0.05) is 6.07 Å². The summed E-state index contributed by atoms with van der Waals surface area (Å²) in [5.74, 6) is 0.452. The number of methoxy groups -OCH3 is 1. The third kappa shape index (κ3) is 3.32. The largest absolute Gasteiger partial charge is 0.497 e. The molecule has 1 amide bonds. The number of hydrogen-bond acceptors (Lipinski definition) is 3. The van der Waals surface area contributed by atoms with Gasteiger partial charge in [-0.2, -0.15) is 0 Å². The molecule has 98 valence electrons. The highest BCUT2D eigenvalue weighted by Crippen LogP contribution is 2.22. The zero-order chi connectivity index (χ0) is 13.8. The molecular formula is C14H13BrN2O2. The Morgan fingerprint density at radius 3 is 2.74 bits per heavy atom. The van der Waals surface area contributed by atoms with Crippen LogP contribution in [0.25, 0.3) is 0 Å². The van der Waals surface area contributed by atoms with Crippen molar-refractivity contribution in [1.82, 2.24) is 4.98 Å². The zero-order valence-electron chi connectivity index (χ0n) is 10.6. The Balaban J connectivity index is 2.21. The van der Waals surface area contributed by atoms with Crippen LogP contribution in [0.2, 0.25) is 0 Å². The number of nitrogens with zero attached hydrogens (tertiary/aromatic N) is 1. The monoisotopic (exact) mass is 320 g/mol. The van der Waals surface area contributed by atoms with Gasteiger partial charge < -0.3 is 10.1 Å². The molecule has 2 rings (SSSR count). The maximum atomic E-state index is 12.0. The minimum Gasteiger partial charge on any atom is -0.497 e. The molecule has 0 unspecified atom stereocenters. The molecule has 0 saturated heterocycles. The van der Waals surface area contributed by atoms with Crippen molar-refractivity contribution in [3.05, 3.63) is 52.3 Å². The first kappa shape index (κ1) is 13.5. The highest BCUT2D eigenvalue weighted by molar-refractivity contribution is 9.10. The number of nitrogens with one attached hydrogen (secondary N) is 1. The third-order valence-corrected chi connectivity index (χ3v) is 3.12. The summed E-state index contributed by atoms with van der Waals surface area (Å²) in [5, 5.41) is 2.82. The van der Waals surface area contributed by atoms with Gasteiger partial charge in [-0.05, 0) is 46.6 Å². The fraction of sp³-hybridized carbons (Fsp3) is 0.143. The van der Waals surface area contributed by atoms with Gasteiger partial charge in [0, 0.05) is 22.4 Å². The Morgan fingerprint density at radius 1 is 1.32 bits per heavy atom. The lowest BCUT2D eigenvalue weighted by molar-refractivity contribution is 0.102. The first-order valence-electron chi connectivity index (χ1n) is 5.67. The van der Waals surface area contributed by atoms with E-state index in [1.54, 1.807) is 31.5 Å². The smallest absolute Gasteiger partial charge is 0.274 e. The van der Waals surface area contributed by atoms with Crippen LogP contribution in [0.15, 0.2) is 41.0 Å². The summed E-state index contributed by atoms with van der Waals surface area (Å²) in [5.41, 5.74) is 2.05. The molecule has 0 fully saturated rings. The molecule has 2 aromatic rings. The normalized spacial score (nSPS) is 10.1. The van der Waals surface area contributed by atoms with Gasteiger partial charge in [0.15, 0.2) is 0 Å². The van der Waals surface area contributed by atoms with Crippen molar-refractivity contribution in [2.75, 3.05) is 12.4 Å². The molecule has 5 heteroatoms. The van der Waals surface area contributed by atoms with Gasteiger partial charge >= 0.3 is 0 Å². The molecule has 4 nitrogen and oxygen atoms in total. The van der Waals surface area contributed by atoms with Gasteiger partial charge in [-0.15, -0.1) is 0 Å². The van der Waals surface area contributed by atoms with E-state index in [0.717, 1.165) is 10.0 Å². The molecule has 0 aliphatic heterocycles. The molecule has 1 aromatic carbocycles. The van der Waals surface area contributed by atoms with Gasteiger partial charge in [-0.25, -0.2) is 4.98 Å². The Hall–Kier alpha value is -1.88. The Morgan fingerprint density at radius 2 is 2.11 bits per heavy atom. The Labute approximate surface area is 119 Å². The van der Waals surface area contributed by atoms with Gasteiger partial charge in [0.1, 0.15) is 11.4 Å². The minimum absolute atomic E-state index is 0.246. The van der Waals surface area contributed by atoms with E-state index >= 15 is 0 Å². The van der Waals surface area contributed by atoms with Crippen molar-refractivity contribution < 1.29 is 9.53 Å². The van der Waals surface area contributed by atoms with Gasteiger partial charge in [-0.3, -0.25) is 4.79 Å². The molecule has 19 heavy (non-hydrogen) atoms. The van der Waals surface area contributed by atoms with E-state index in [4.69, 9.17) is 4.74 Å². The SMILES string of the molecule is COc1ccc(C)c(NC(=O)c2ccc(Br)cn2)c1. The minimum atomic E-state index is -0.246. The molecule has 1 N–H and O–H groups in total. The van der Waals surface area contributed by atoms with E-state index < -0.39 is 0 Å². The summed E-state index contributed by atoms with van der Waals surface area (Å²) in [4.78, 5) is 16.1. The van der Waals surface area contributed by atoms with Crippen molar-refractivity contribution in [2.45, 2.75) is 6.92 Å². The number of aromatic nitrogens is 1. The van der Waals surface area contributed by atoms with E-state index in [1.165, 1.54) is 0 Å². The molecule has 0 radical (unpaired) electrons. The molecule has 0 saturated carbocycles. The van der Waals surface area contributed by atoms with Crippen molar-refractivity contribution >= 4 is 27.5 Å². The number of aryl methyl sites for hydroxylation is 1. The number of halogens is 1. The van der Waals surface area contributed by atoms with Crippen LogP contribution >= 0.6 is 15.9 Å². The molecule has 1 aromatic heterocycles. The summed E-state index contributed by atoms with van der Waals surface area (Å²) in [6.45, 7) is 1.92. The van der Waals surface area contributed by atoms with Crippen LogP contribution in [-0.2, 0) is 0 Å².